The smallest absolute Gasteiger partial charge is 0.371 e. The Labute approximate surface area is 111 Å². The molecule has 2 rings (SSSR count). The topological polar surface area (TPSA) is 103 Å². The van der Waals surface area contributed by atoms with Crippen molar-refractivity contribution in [2.24, 2.45) is 0 Å². The lowest BCUT2D eigenvalue weighted by molar-refractivity contribution is -0.385. The van der Waals surface area contributed by atoms with Gasteiger partial charge in [0.15, 0.2) is 11.6 Å². The molecule has 7 nitrogen and oxygen atoms in total. The quantitative estimate of drug-likeness (QED) is 0.682. The van der Waals surface area contributed by atoms with Crippen molar-refractivity contribution in [3.8, 4) is 11.7 Å². The molecule has 0 saturated heterocycles. The number of rotatable bonds is 4. The van der Waals surface area contributed by atoms with E-state index in [0.29, 0.717) is 0 Å². The molecule has 0 unspecified atom stereocenters. The molecule has 2 aromatic rings. The standard InChI is InChI=1S/C12H8FNO6/c1-6-4-10(7(13)5-8(6)14(17)18)20-11-3-2-9(19-11)12(15)16/h2-5H,1H3,(H,15,16). The fourth-order valence-corrected chi connectivity index (χ4v) is 1.52. The van der Waals surface area contributed by atoms with Crippen LogP contribution in [-0.4, -0.2) is 16.0 Å². The number of hydrogen-bond acceptors (Lipinski definition) is 5. The first-order chi connectivity index (χ1) is 9.38. The summed E-state index contributed by atoms with van der Waals surface area (Å²) in [5, 5.41) is 19.3. The van der Waals surface area contributed by atoms with Gasteiger partial charge in [0.1, 0.15) is 0 Å². The maximum absolute atomic E-state index is 13.7. The second kappa shape index (κ2) is 5.00. The van der Waals surface area contributed by atoms with Crippen molar-refractivity contribution < 1.29 is 28.4 Å². The number of hydrogen-bond donors (Lipinski definition) is 1. The molecular formula is C12H8FNO6. The zero-order chi connectivity index (χ0) is 14.9. The van der Waals surface area contributed by atoms with Gasteiger partial charge in [-0.2, -0.15) is 0 Å². The Hall–Kier alpha value is -2.90. The summed E-state index contributed by atoms with van der Waals surface area (Å²) < 4.78 is 23.5. The molecule has 0 saturated carbocycles. The lowest BCUT2D eigenvalue weighted by Gasteiger charge is -2.05. The normalized spacial score (nSPS) is 10.3. The number of nitrogens with zero attached hydrogens (tertiary/aromatic N) is 1. The number of ether oxygens (including phenoxy) is 1. The summed E-state index contributed by atoms with van der Waals surface area (Å²) in [6.07, 6.45) is 0. The van der Waals surface area contributed by atoms with Crippen LogP contribution in [0.5, 0.6) is 11.7 Å². The van der Waals surface area contributed by atoms with Gasteiger partial charge < -0.3 is 14.3 Å². The Bertz CT molecular complexity index is 693. The van der Waals surface area contributed by atoms with Gasteiger partial charge in [0.25, 0.3) is 11.6 Å². The Morgan fingerprint density at radius 2 is 2.15 bits per heavy atom. The molecule has 0 aliphatic carbocycles. The van der Waals surface area contributed by atoms with Crippen molar-refractivity contribution >= 4 is 11.7 Å². The number of nitro groups is 1. The van der Waals surface area contributed by atoms with Crippen molar-refractivity contribution in [3.63, 3.8) is 0 Å². The fourth-order valence-electron chi connectivity index (χ4n) is 1.52. The third-order valence-electron chi connectivity index (χ3n) is 2.45. The van der Waals surface area contributed by atoms with Gasteiger partial charge in [-0.3, -0.25) is 10.1 Å². The van der Waals surface area contributed by atoms with Crippen molar-refractivity contribution in [2.75, 3.05) is 0 Å². The zero-order valence-electron chi connectivity index (χ0n) is 10.1. The zero-order valence-corrected chi connectivity index (χ0v) is 10.1. The first kappa shape index (κ1) is 13.5. The van der Waals surface area contributed by atoms with E-state index >= 15 is 0 Å². The highest BCUT2D eigenvalue weighted by Gasteiger charge is 2.18. The van der Waals surface area contributed by atoms with Gasteiger partial charge in [-0.05, 0) is 19.1 Å². The number of nitro benzene ring substituents is 1. The van der Waals surface area contributed by atoms with E-state index in [1.807, 2.05) is 0 Å². The van der Waals surface area contributed by atoms with E-state index in [0.717, 1.165) is 18.2 Å². The van der Waals surface area contributed by atoms with Gasteiger partial charge in [0.2, 0.25) is 5.76 Å². The van der Waals surface area contributed by atoms with E-state index in [-0.39, 0.29) is 28.7 Å². The summed E-state index contributed by atoms with van der Waals surface area (Å²) in [6, 6.07) is 4.22. The summed E-state index contributed by atoms with van der Waals surface area (Å²) in [6.45, 7) is 1.43. The van der Waals surface area contributed by atoms with Crippen molar-refractivity contribution in [1.29, 1.82) is 0 Å². The lowest BCUT2D eigenvalue weighted by Crippen LogP contribution is -1.95. The highest BCUT2D eigenvalue weighted by molar-refractivity contribution is 5.84. The molecule has 0 aliphatic heterocycles. The van der Waals surface area contributed by atoms with E-state index in [1.54, 1.807) is 0 Å². The fraction of sp³-hybridized carbons (Fsp3) is 0.0833. The molecule has 0 aliphatic rings. The molecule has 0 fully saturated rings. The Morgan fingerprint density at radius 3 is 2.70 bits per heavy atom. The SMILES string of the molecule is Cc1cc(Oc2ccc(C(=O)O)o2)c(F)cc1[N+](=O)[O-]. The van der Waals surface area contributed by atoms with Gasteiger partial charge in [-0.25, -0.2) is 9.18 Å². The summed E-state index contributed by atoms with van der Waals surface area (Å²) in [4.78, 5) is 20.5. The highest BCUT2D eigenvalue weighted by atomic mass is 19.1. The molecule has 0 amide bonds. The van der Waals surface area contributed by atoms with Gasteiger partial charge in [-0.15, -0.1) is 0 Å². The van der Waals surface area contributed by atoms with Gasteiger partial charge >= 0.3 is 5.97 Å². The van der Waals surface area contributed by atoms with E-state index in [9.17, 15) is 19.3 Å². The molecule has 1 aromatic heterocycles. The number of benzene rings is 1. The summed E-state index contributed by atoms with van der Waals surface area (Å²) in [5.41, 5.74) is -0.170. The van der Waals surface area contributed by atoms with E-state index in [2.05, 4.69) is 0 Å². The van der Waals surface area contributed by atoms with Crippen molar-refractivity contribution in [1.82, 2.24) is 0 Å². The van der Waals surface area contributed by atoms with Crippen LogP contribution in [0.3, 0.4) is 0 Å². The molecular weight excluding hydrogens is 273 g/mol. The lowest BCUT2D eigenvalue weighted by atomic mass is 10.2. The van der Waals surface area contributed by atoms with Crippen LogP contribution in [0.4, 0.5) is 10.1 Å². The Morgan fingerprint density at radius 1 is 1.45 bits per heavy atom. The molecule has 1 heterocycles. The summed E-state index contributed by atoms with van der Waals surface area (Å²) >= 11 is 0. The molecule has 1 aromatic carbocycles. The average Bonchev–Trinajstić information content (AvgIpc) is 2.81. The summed E-state index contributed by atoms with van der Waals surface area (Å²) in [5.74, 6) is -3.12. The van der Waals surface area contributed by atoms with Crippen LogP contribution < -0.4 is 4.74 Å². The molecule has 1 N–H and O–H groups in total. The van der Waals surface area contributed by atoms with Gasteiger partial charge in [0, 0.05) is 11.6 Å². The second-order valence-corrected chi connectivity index (χ2v) is 3.85. The second-order valence-electron chi connectivity index (χ2n) is 3.85. The molecule has 0 radical (unpaired) electrons. The Balaban J connectivity index is 2.31. The van der Waals surface area contributed by atoms with E-state index in [1.165, 1.54) is 13.0 Å². The molecule has 0 spiro atoms. The van der Waals surface area contributed by atoms with Gasteiger partial charge in [-0.1, -0.05) is 0 Å². The maximum atomic E-state index is 13.7. The average molecular weight is 281 g/mol. The number of carbonyl (C=O) groups is 1. The monoisotopic (exact) mass is 281 g/mol. The minimum atomic E-state index is -1.29. The third kappa shape index (κ3) is 2.58. The Kier molecular flexibility index (Phi) is 3.38. The van der Waals surface area contributed by atoms with Crippen LogP contribution >= 0.6 is 0 Å². The van der Waals surface area contributed by atoms with Gasteiger partial charge in [0.05, 0.1) is 11.0 Å². The first-order valence-electron chi connectivity index (χ1n) is 5.34. The number of carboxylic acids is 1. The van der Waals surface area contributed by atoms with Crippen LogP contribution in [0.2, 0.25) is 0 Å². The number of furan rings is 1. The van der Waals surface area contributed by atoms with Crippen LogP contribution in [-0.2, 0) is 0 Å². The van der Waals surface area contributed by atoms with Crippen LogP contribution in [0.25, 0.3) is 0 Å². The predicted molar refractivity (Wildman–Crippen MR) is 63.5 cm³/mol. The molecule has 0 bridgehead atoms. The molecule has 20 heavy (non-hydrogen) atoms. The number of carboxylic acid groups (broad SMARTS) is 1. The molecule has 8 heteroatoms. The molecule has 104 valence electrons. The third-order valence-corrected chi connectivity index (χ3v) is 2.45. The number of aryl methyl sites for hydroxylation is 1. The largest absolute Gasteiger partial charge is 0.475 e. The number of halogens is 1. The van der Waals surface area contributed by atoms with Crippen molar-refractivity contribution in [3.05, 3.63) is 51.5 Å². The van der Waals surface area contributed by atoms with Crippen LogP contribution in [0, 0.1) is 22.9 Å². The predicted octanol–water partition coefficient (Wildman–Crippen LogP) is 3.13. The van der Waals surface area contributed by atoms with E-state index in [4.69, 9.17) is 14.3 Å². The van der Waals surface area contributed by atoms with Crippen LogP contribution in [0.1, 0.15) is 16.1 Å². The molecule has 0 atom stereocenters. The maximum Gasteiger partial charge on any atom is 0.371 e. The first-order valence-corrected chi connectivity index (χ1v) is 5.34. The summed E-state index contributed by atoms with van der Waals surface area (Å²) in [7, 11) is 0. The minimum absolute atomic E-state index is 0.205. The minimum Gasteiger partial charge on any atom is -0.475 e. The van der Waals surface area contributed by atoms with Crippen LogP contribution in [0.15, 0.2) is 28.7 Å². The van der Waals surface area contributed by atoms with Crippen molar-refractivity contribution in [2.45, 2.75) is 6.92 Å². The number of aromatic carboxylic acids is 1. The van der Waals surface area contributed by atoms with E-state index < -0.39 is 16.7 Å². The highest BCUT2D eigenvalue weighted by Crippen LogP contribution is 2.31.